The summed E-state index contributed by atoms with van der Waals surface area (Å²) in [5.74, 6) is 0.380. The lowest BCUT2D eigenvalue weighted by Gasteiger charge is -2.22. The Morgan fingerprint density at radius 3 is 2.82 bits per heavy atom. The first kappa shape index (κ1) is 13.0. The second-order valence-electron chi connectivity index (χ2n) is 4.88. The molecule has 0 aromatic heterocycles. The van der Waals surface area contributed by atoms with E-state index in [9.17, 15) is 4.39 Å². The van der Waals surface area contributed by atoms with E-state index >= 15 is 0 Å². The highest BCUT2D eigenvalue weighted by molar-refractivity contribution is 9.10. The van der Waals surface area contributed by atoms with Gasteiger partial charge >= 0.3 is 0 Å². The van der Waals surface area contributed by atoms with Gasteiger partial charge in [0, 0.05) is 22.6 Å². The summed E-state index contributed by atoms with van der Waals surface area (Å²) >= 11 is 3.46. The summed E-state index contributed by atoms with van der Waals surface area (Å²) in [4.78, 5) is 2.19. The van der Waals surface area contributed by atoms with Gasteiger partial charge in [-0.2, -0.15) is 0 Å². The molecule has 2 N–H and O–H groups in total. The van der Waals surface area contributed by atoms with E-state index in [1.54, 1.807) is 13.0 Å². The van der Waals surface area contributed by atoms with Crippen LogP contribution in [0.15, 0.2) is 16.6 Å². The normalized spacial score (nSPS) is 25.5. The largest absolute Gasteiger partial charge is 0.330 e. The van der Waals surface area contributed by atoms with Crippen LogP contribution in [0.25, 0.3) is 0 Å². The molecule has 1 saturated heterocycles. The predicted octanol–water partition coefficient (Wildman–Crippen LogP) is 2.85. The highest BCUT2D eigenvalue weighted by Crippen LogP contribution is 2.39. The monoisotopic (exact) mass is 300 g/mol. The third-order valence-corrected chi connectivity index (χ3v) is 4.31. The van der Waals surface area contributed by atoms with E-state index in [0.29, 0.717) is 18.0 Å². The van der Waals surface area contributed by atoms with Crippen molar-refractivity contribution in [2.24, 2.45) is 11.7 Å². The lowest BCUT2D eigenvalue weighted by atomic mass is 9.98. The number of nitrogens with two attached hydrogens (primary N) is 1. The Balaban J connectivity index is 2.37. The first-order valence-corrected chi connectivity index (χ1v) is 6.68. The zero-order valence-electron chi connectivity index (χ0n) is 10.2. The lowest BCUT2D eigenvalue weighted by molar-refractivity contribution is 0.305. The smallest absolute Gasteiger partial charge is 0.132 e. The number of rotatable bonds is 2. The Bertz CT molecular complexity index is 422. The number of aryl methyl sites for hydroxylation is 1. The van der Waals surface area contributed by atoms with Gasteiger partial charge < -0.3 is 5.73 Å². The number of nitrogens with zero attached hydrogens (tertiary/aromatic N) is 1. The molecule has 2 nitrogen and oxygen atoms in total. The number of likely N-dealkylation sites (tertiary alicyclic amines) is 1. The summed E-state index contributed by atoms with van der Waals surface area (Å²) in [7, 11) is 2.04. The molecule has 1 aromatic rings. The minimum absolute atomic E-state index is 0.0890. The second kappa shape index (κ2) is 5.04. The fourth-order valence-electron chi connectivity index (χ4n) is 2.60. The molecule has 2 unspecified atom stereocenters. The molecule has 94 valence electrons. The molecule has 0 aliphatic carbocycles. The van der Waals surface area contributed by atoms with Crippen molar-refractivity contribution in [3.63, 3.8) is 0 Å². The van der Waals surface area contributed by atoms with E-state index in [1.165, 1.54) is 0 Å². The average molecular weight is 301 g/mol. The van der Waals surface area contributed by atoms with Crippen molar-refractivity contribution in [1.82, 2.24) is 4.90 Å². The van der Waals surface area contributed by atoms with Crippen LogP contribution in [0, 0.1) is 18.7 Å². The van der Waals surface area contributed by atoms with Crippen molar-refractivity contribution in [3.05, 3.63) is 33.5 Å². The molecule has 0 spiro atoms. The van der Waals surface area contributed by atoms with E-state index in [1.807, 2.05) is 13.1 Å². The molecule has 1 aliphatic heterocycles. The van der Waals surface area contributed by atoms with Crippen LogP contribution in [0.1, 0.15) is 23.6 Å². The van der Waals surface area contributed by atoms with Gasteiger partial charge in [0.05, 0.1) is 0 Å². The highest BCUT2D eigenvalue weighted by atomic mass is 79.9. The molecular formula is C13H18BrFN2. The molecule has 0 amide bonds. The van der Waals surface area contributed by atoms with Gasteiger partial charge in [-0.15, -0.1) is 0 Å². The minimum Gasteiger partial charge on any atom is -0.330 e. The summed E-state index contributed by atoms with van der Waals surface area (Å²) in [5.41, 5.74) is 7.19. The summed E-state index contributed by atoms with van der Waals surface area (Å²) in [6.45, 7) is 3.42. The van der Waals surface area contributed by atoms with Gasteiger partial charge in [-0.3, -0.25) is 4.90 Å². The maximum atomic E-state index is 14.2. The predicted molar refractivity (Wildman–Crippen MR) is 71.4 cm³/mol. The first-order valence-electron chi connectivity index (χ1n) is 5.89. The molecular weight excluding hydrogens is 283 g/mol. The van der Waals surface area contributed by atoms with Gasteiger partial charge in [0.15, 0.2) is 0 Å². The Hall–Kier alpha value is -0.450. The topological polar surface area (TPSA) is 29.3 Å². The Labute approximate surface area is 110 Å². The van der Waals surface area contributed by atoms with Crippen LogP contribution in [-0.2, 0) is 0 Å². The first-order chi connectivity index (χ1) is 8.04. The van der Waals surface area contributed by atoms with E-state index in [0.717, 1.165) is 23.0 Å². The SMILES string of the molecule is Cc1ccc(Br)c(C2CC(CN)CN2C)c1F. The number of benzene rings is 1. The van der Waals surface area contributed by atoms with E-state index < -0.39 is 0 Å². The van der Waals surface area contributed by atoms with Crippen LogP contribution in [-0.4, -0.2) is 25.0 Å². The average Bonchev–Trinajstić information content (AvgIpc) is 2.66. The quantitative estimate of drug-likeness (QED) is 0.910. The molecule has 1 aromatic carbocycles. The number of hydrogen-bond donors (Lipinski definition) is 1. The lowest BCUT2D eigenvalue weighted by Crippen LogP contribution is -2.21. The van der Waals surface area contributed by atoms with Crippen molar-refractivity contribution in [2.75, 3.05) is 20.1 Å². The zero-order valence-corrected chi connectivity index (χ0v) is 11.8. The fraction of sp³-hybridized carbons (Fsp3) is 0.538. The summed E-state index contributed by atoms with van der Waals surface area (Å²) < 4.78 is 15.1. The minimum atomic E-state index is -0.0890. The number of halogens is 2. The van der Waals surface area contributed by atoms with Crippen LogP contribution in [0.3, 0.4) is 0 Å². The van der Waals surface area contributed by atoms with Crippen LogP contribution < -0.4 is 5.73 Å². The Kier molecular flexibility index (Phi) is 3.85. The van der Waals surface area contributed by atoms with Gasteiger partial charge in [0.2, 0.25) is 0 Å². The molecule has 0 radical (unpaired) electrons. The van der Waals surface area contributed by atoms with Gasteiger partial charge in [-0.05, 0) is 44.5 Å². The molecule has 1 heterocycles. The maximum Gasteiger partial charge on any atom is 0.132 e. The van der Waals surface area contributed by atoms with Crippen molar-refractivity contribution in [2.45, 2.75) is 19.4 Å². The molecule has 0 saturated carbocycles. The molecule has 2 atom stereocenters. The van der Waals surface area contributed by atoms with E-state index in [-0.39, 0.29) is 11.9 Å². The van der Waals surface area contributed by atoms with Gasteiger partial charge in [-0.1, -0.05) is 22.0 Å². The zero-order chi connectivity index (χ0) is 12.6. The Morgan fingerprint density at radius 1 is 1.53 bits per heavy atom. The summed E-state index contributed by atoms with van der Waals surface area (Å²) in [6.07, 6.45) is 0.936. The maximum absolute atomic E-state index is 14.2. The van der Waals surface area contributed by atoms with Crippen molar-refractivity contribution in [3.8, 4) is 0 Å². The molecule has 0 bridgehead atoms. The number of hydrogen-bond acceptors (Lipinski definition) is 2. The Morgan fingerprint density at radius 2 is 2.24 bits per heavy atom. The van der Waals surface area contributed by atoms with Crippen LogP contribution >= 0.6 is 15.9 Å². The van der Waals surface area contributed by atoms with Gasteiger partial charge in [0.25, 0.3) is 0 Å². The third-order valence-electron chi connectivity index (χ3n) is 3.62. The van der Waals surface area contributed by atoms with Gasteiger partial charge in [-0.25, -0.2) is 4.39 Å². The third kappa shape index (κ3) is 2.39. The van der Waals surface area contributed by atoms with Crippen LogP contribution in [0.4, 0.5) is 4.39 Å². The molecule has 1 aliphatic rings. The second-order valence-corrected chi connectivity index (χ2v) is 5.74. The van der Waals surface area contributed by atoms with Crippen LogP contribution in [0.5, 0.6) is 0 Å². The molecule has 4 heteroatoms. The van der Waals surface area contributed by atoms with Crippen molar-refractivity contribution >= 4 is 15.9 Å². The van der Waals surface area contributed by atoms with Gasteiger partial charge in [0.1, 0.15) is 5.82 Å². The van der Waals surface area contributed by atoms with Crippen molar-refractivity contribution in [1.29, 1.82) is 0 Å². The standard InChI is InChI=1S/C13H18BrFN2/c1-8-3-4-10(14)12(13(8)15)11-5-9(6-16)7-17(11)2/h3-4,9,11H,5-7,16H2,1-2H3. The van der Waals surface area contributed by atoms with Crippen LogP contribution in [0.2, 0.25) is 0 Å². The summed E-state index contributed by atoms with van der Waals surface area (Å²) in [6, 6.07) is 3.87. The molecule has 1 fully saturated rings. The fourth-order valence-corrected chi connectivity index (χ4v) is 3.17. The van der Waals surface area contributed by atoms with Crippen molar-refractivity contribution < 1.29 is 4.39 Å². The van der Waals surface area contributed by atoms with E-state index in [4.69, 9.17) is 5.73 Å². The molecule has 2 rings (SSSR count). The van der Waals surface area contributed by atoms with E-state index in [2.05, 4.69) is 20.8 Å². The molecule has 17 heavy (non-hydrogen) atoms. The summed E-state index contributed by atoms with van der Waals surface area (Å²) in [5, 5.41) is 0. The highest BCUT2D eigenvalue weighted by Gasteiger charge is 2.32.